The number of amides is 1. The number of benzene rings is 2. The van der Waals surface area contributed by atoms with Crippen molar-refractivity contribution < 1.29 is 13.9 Å². The number of carbonyl (C=O) groups excluding carboxylic acids is 1. The Hall–Kier alpha value is -3.15. The van der Waals surface area contributed by atoms with Crippen molar-refractivity contribution in [1.29, 1.82) is 0 Å². The molecule has 0 radical (unpaired) electrons. The zero-order chi connectivity index (χ0) is 20.6. The lowest BCUT2D eigenvalue weighted by molar-refractivity contribution is -0.143. The topological polar surface area (TPSA) is 47.4 Å². The summed E-state index contributed by atoms with van der Waals surface area (Å²) >= 11 is 0. The van der Waals surface area contributed by atoms with Gasteiger partial charge >= 0.3 is 0 Å². The summed E-state index contributed by atoms with van der Waals surface area (Å²) in [7, 11) is 1.63. The maximum atomic E-state index is 13.9. The number of hydrogen-bond donors (Lipinski definition) is 0. The van der Waals surface area contributed by atoms with E-state index < -0.39 is 5.54 Å². The number of rotatable bonds is 5. The molecule has 6 heteroatoms. The van der Waals surface area contributed by atoms with Crippen LogP contribution in [0.3, 0.4) is 0 Å². The first-order chi connectivity index (χ1) is 14.0. The highest BCUT2D eigenvalue weighted by Gasteiger charge is 2.48. The Labute approximate surface area is 169 Å². The standard InChI is InChI=1S/C23H24FN3O2/c1-4-23(20-10-5-16(2)11-21(20)29-3)22(28)26(14-19-12-25-15-27(19)23)13-17-6-8-18(24)9-7-17/h5-12,15H,4,13-14H2,1-3H3/t23-/m0/s1. The lowest BCUT2D eigenvalue weighted by Gasteiger charge is -2.43. The Morgan fingerprint density at radius 1 is 1.21 bits per heavy atom. The number of carbonyl (C=O) groups is 1. The second-order valence-corrected chi connectivity index (χ2v) is 7.46. The molecular weight excluding hydrogens is 369 g/mol. The zero-order valence-corrected chi connectivity index (χ0v) is 16.9. The number of aryl methyl sites for hydroxylation is 1. The van der Waals surface area contributed by atoms with Crippen molar-refractivity contribution in [2.24, 2.45) is 0 Å². The van der Waals surface area contributed by atoms with E-state index in [-0.39, 0.29) is 11.7 Å². The molecule has 0 saturated carbocycles. The van der Waals surface area contributed by atoms with Crippen molar-refractivity contribution in [2.75, 3.05) is 7.11 Å². The maximum Gasteiger partial charge on any atom is 0.254 e. The summed E-state index contributed by atoms with van der Waals surface area (Å²) in [5.41, 5.74) is 2.78. The first-order valence-electron chi connectivity index (χ1n) is 9.70. The van der Waals surface area contributed by atoms with Crippen molar-refractivity contribution in [3.63, 3.8) is 0 Å². The molecule has 0 N–H and O–H groups in total. The Morgan fingerprint density at radius 2 is 1.97 bits per heavy atom. The van der Waals surface area contributed by atoms with Crippen molar-refractivity contribution >= 4 is 5.91 Å². The van der Waals surface area contributed by atoms with E-state index in [0.29, 0.717) is 25.3 Å². The van der Waals surface area contributed by atoms with Crippen molar-refractivity contribution in [3.8, 4) is 5.75 Å². The molecule has 1 aromatic heterocycles. The van der Waals surface area contributed by atoms with E-state index in [4.69, 9.17) is 4.74 Å². The molecule has 2 heterocycles. The van der Waals surface area contributed by atoms with Crippen LogP contribution in [0, 0.1) is 12.7 Å². The van der Waals surface area contributed by atoms with Crippen LogP contribution in [0.2, 0.25) is 0 Å². The Morgan fingerprint density at radius 3 is 2.66 bits per heavy atom. The van der Waals surface area contributed by atoms with Crippen LogP contribution in [-0.4, -0.2) is 27.5 Å². The van der Waals surface area contributed by atoms with Crippen molar-refractivity contribution in [2.45, 2.75) is 38.9 Å². The number of imidazole rings is 1. The molecule has 0 aliphatic carbocycles. The molecule has 0 spiro atoms. The van der Waals surface area contributed by atoms with E-state index >= 15 is 0 Å². The minimum atomic E-state index is -0.941. The number of nitrogens with zero attached hydrogens (tertiary/aromatic N) is 3. The second kappa shape index (κ2) is 7.35. The van der Waals surface area contributed by atoms with Crippen LogP contribution in [-0.2, 0) is 23.4 Å². The van der Waals surface area contributed by atoms with Crippen LogP contribution in [0.5, 0.6) is 5.75 Å². The zero-order valence-electron chi connectivity index (χ0n) is 16.9. The van der Waals surface area contributed by atoms with Gasteiger partial charge in [0.25, 0.3) is 5.91 Å². The smallest absolute Gasteiger partial charge is 0.254 e. The monoisotopic (exact) mass is 393 g/mol. The number of fused-ring (bicyclic) bond motifs is 1. The van der Waals surface area contributed by atoms with Crippen molar-refractivity contribution in [1.82, 2.24) is 14.5 Å². The van der Waals surface area contributed by atoms with E-state index in [2.05, 4.69) is 4.98 Å². The molecule has 1 aliphatic rings. The van der Waals surface area contributed by atoms with Crippen LogP contribution >= 0.6 is 0 Å². The van der Waals surface area contributed by atoms with Gasteiger partial charge in [0.2, 0.25) is 0 Å². The molecule has 2 aromatic carbocycles. The van der Waals surface area contributed by atoms with Gasteiger partial charge in [0, 0.05) is 18.3 Å². The fraction of sp³-hybridized carbons (Fsp3) is 0.304. The predicted octanol–water partition coefficient (Wildman–Crippen LogP) is 4.04. The lowest BCUT2D eigenvalue weighted by Crippen LogP contribution is -2.55. The highest BCUT2D eigenvalue weighted by molar-refractivity contribution is 5.90. The molecule has 150 valence electrons. The fourth-order valence-corrected chi connectivity index (χ4v) is 4.25. The molecule has 4 rings (SSSR count). The average Bonchev–Trinajstić information content (AvgIpc) is 3.19. The second-order valence-electron chi connectivity index (χ2n) is 7.46. The van der Waals surface area contributed by atoms with Gasteiger partial charge in [-0.15, -0.1) is 0 Å². The fourth-order valence-electron chi connectivity index (χ4n) is 4.25. The Kier molecular flexibility index (Phi) is 4.86. The first-order valence-corrected chi connectivity index (χ1v) is 9.70. The summed E-state index contributed by atoms with van der Waals surface area (Å²) in [4.78, 5) is 20.1. The molecular formula is C23H24FN3O2. The van der Waals surface area contributed by atoms with Crippen LogP contribution in [0.25, 0.3) is 0 Å². The minimum Gasteiger partial charge on any atom is -0.496 e. The van der Waals surface area contributed by atoms with Crippen LogP contribution in [0.1, 0.15) is 35.7 Å². The van der Waals surface area contributed by atoms with E-state index in [0.717, 1.165) is 22.4 Å². The molecule has 3 aromatic rings. The van der Waals surface area contributed by atoms with E-state index in [9.17, 15) is 9.18 Å². The Balaban J connectivity index is 1.84. The van der Waals surface area contributed by atoms with E-state index in [1.807, 2.05) is 41.5 Å². The van der Waals surface area contributed by atoms with Gasteiger partial charge in [0.1, 0.15) is 11.6 Å². The number of ether oxygens (including phenoxy) is 1. The molecule has 0 fully saturated rings. The van der Waals surface area contributed by atoms with Gasteiger partial charge in [-0.25, -0.2) is 9.37 Å². The molecule has 0 unspecified atom stereocenters. The lowest BCUT2D eigenvalue weighted by atomic mass is 9.82. The summed E-state index contributed by atoms with van der Waals surface area (Å²) in [6, 6.07) is 12.2. The third-order valence-electron chi connectivity index (χ3n) is 5.72. The highest BCUT2D eigenvalue weighted by atomic mass is 19.1. The summed E-state index contributed by atoms with van der Waals surface area (Å²) in [6.45, 7) is 4.85. The molecule has 1 atom stereocenters. The molecule has 29 heavy (non-hydrogen) atoms. The first kappa shape index (κ1) is 19.2. The summed E-state index contributed by atoms with van der Waals surface area (Å²) in [5.74, 6) is 0.379. The van der Waals surface area contributed by atoms with Crippen LogP contribution < -0.4 is 4.74 Å². The van der Waals surface area contributed by atoms with E-state index in [1.165, 1.54) is 12.1 Å². The third-order valence-corrected chi connectivity index (χ3v) is 5.72. The summed E-state index contributed by atoms with van der Waals surface area (Å²) in [6.07, 6.45) is 4.08. The van der Waals surface area contributed by atoms with Gasteiger partial charge in [-0.05, 0) is 42.7 Å². The van der Waals surface area contributed by atoms with Crippen molar-refractivity contribution in [3.05, 3.63) is 83.2 Å². The van der Waals surface area contributed by atoms with Gasteiger partial charge in [-0.3, -0.25) is 4.79 Å². The number of aromatic nitrogens is 2. The normalized spacial score (nSPS) is 18.6. The molecule has 5 nitrogen and oxygen atoms in total. The molecule has 0 saturated heterocycles. The quantitative estimate of drug-likeness (QED) is 0.657. The number of hydrogen-bond acceptors (Lipinski definition) is 3. The SMILES string of the molecule is CC[C@]1(c2ccc(C)cc2OC)C(=O)N(Cc2ccc(F)cc2)Cc2cncn21. The number of methoxy groups -OCH3 is 1. The summed E-state index contributed by atoms with van der Waals surface area (Å²) in [5, 5.41) is 0. The van der Waals surface area contributed by atoms with Gasteiger partial charge in [0.15, 0.2) is 5.54 Å². The van der Waals surface area contributed by atoms with Gasteiger partial charge < -0.3 is 14.2 Å². The number of halogens is 1. The minimum absolute atomic E-state index is 0.0167. The van der Waals surface area contributed by atoms with Gasteiger partial charge in [-0.1, -0.05) is 31.2 Å². The van der Waals surface area contributed by atoms with Crippen LogP contribution in [0.15, 0.2) is 55.0 Å². The Bertz CT molecular complexity index is 1040. The third kappa shape index (κ3) is 3.09. The largest absolute Gasteiger partial charge is 0.496 e. The predicted molar refractivity (Wildman–Crippen MR) is 108 cm³/mol. The average molecular weight is 393 g/mol. The van der Waals surface area contributed by atoms with Gasteiger partial charge in [0.05, 0.1) is 25.7 Å². The van der Waals surface area contributed by atoms with E-state index in [1.54, 1.807) is 31.8 Å². The molecule has 1 aliphatic heterocycles. The molecule has 0 bridgehead atoms. The summed E-state index contributed by atoms with van der Waals surface area (Å²) < 4.78 is 20.9. The maximum absolute atomic E-state index is 13.9. The van der Waals surface area contributed by atoms with Crippen LogP contribution in [0.4, 0.5) is 4.39 Å². The van der Waals surface area contributed by atoms with Gasteiger partial charge in [-0.2, -0.15) is 0 Å². The molecule has 1 amide bonds. The highest BCUT2D eigenvalue weighted by Crippen LogP contribution is 2.42.